The first-order valence-electron chi connectivity index (χ1n) is 10.4. The van der Waals surface area contributed by atoms with Crippen molar-refractivity contribution in [3.8, 4) is 0 Å². The average molecular weight is 408 g/mol. The van der Waals surface area contributed by atoms with Crippen LogP contribution in [0, 0.1) is 6.92 Å². The van der Waals surface area contributed by atoms with Crippen LogP contribution in [0.3, 0.4) is 0 Å². The molecule has 0 fully saturated rings. The van der Waals surface area contributed by atoms with Crippen molar-refractivity contribution in [3.05, 3.63) is 23.8 Å². The van der Waals surface area contributed by atoms with Crippen LogP contribution >= 0.6 is 23.1 Å². The van der Waals surface area contributed by atoms with Gasteiger partial charge in [0.05, 0.1) is 10.2 Å². The van der Waals surface area contributed by atoms with E-state index in [0.29, 0.717) is 0 Å². The number of aliphatic carboxylic acids is 1. The van der Waals surface area contributed by atoms with Crippen LogP contribution in [0.4, 0.5) is 0 Å². The molecular formula is C22H33NO2S2. The van der Waals surface area contributed by atoms with Gasteiger partial charge in [0.2, 0.25) is 0 Å². The number of carboxylic acids is 1. The Morgan fingerprint density at radius 2 is 1.70 bits per heavy atom. The van der Waals surface area contributed by atoms with Crippen molar-refractivity contribution in [3.63, 3.8) is 0 Å². The lowest BCUT2D eigenvalue weighted by Crippen LogP contribution is -2.16. The van der Waals surface area contributed by atoms with Gasteiger partial charge < -0.3 is 5.11 Å². The molecule has 5 heteroatoms. The number of hydrogen-bond donors (Lipinski definition) is 1. The number of carboxylic acid groups (broad SMARTS) is 1. The van der Waals surface area contributed by atoms with Crippen molar-refractivity contribution < 1.29 is 9.90 Å². The molecule has 0 radical (unpaired) electrons. The zero-order valence-electron chi connectivity index (χ0n) is 16.7. The van der Waals surface area contributed by atoms with Crippen LogP contribution in [0.5, 0.6) is 0 Å². The molecule has 150 valence electrons. The molecule has 0 saturated heterocycles. The van der Waals surface area contributed by atoms with Gasteiger partial charge in [-0.3, -0.25) is 4.79 Å². The molecule has 1 aromatic carbocycles. The van der Waals surface area contributed by atoms with Crippen LogP contribution in [0.2, 0.25) is 0 Å². The summed E-state index contributed by atoms with van der Waals surface area (Å²) in [7, 11) is 0. The smallest absolute Gasteiger partial charge is 0.317 e. The SMILES string of the molecule is CCCCCCCCCCCCC(Sc1nc2ccc(C)cc2s1)C(=O)O. The summed E-state index contributed by atoms with van der Waals surface area (Å²) in [6.45, 7) is 4.32. The molecule has 0 aliphatic rings. The quantitative estimate of drug-likeness (QED) is 0.261. The maximum atomic E-state index is 11.6. The molecule has 0 bridgehead atoms. The van der Waals surface area contributed by atoms with Crippen LogP contribution in [0.1, 0.15) is 83.1 Å². The number of hydrogen-bond acceptors (Lipinski definition) is 4. The number of benzene rings is 1. The zero-order chi connectivity index (χ0) is 19.5. The van der Waals surface area contributed by atoms with E-state index in [1.165, 1.54) is 68.7 Å². The van der Waals surface area contributed by atoms with E-state index >= 15 is 0 Å². The van der Waals surface area contributed by atoms with Gasteiger partial charge in [-0.05, 0) is 31.0 Å². The second-order valence-corrected chi connectivity index (χ2v) is 9.85. The first-order chi connectivity index (χ1) is 13.1. The minimum absolute atomic E-state index is 0.388. The fraction of sp³-hybridized carbons (Fsp3) is 0.636. The summed E-state index contributed by atoms with van der Waals surface area (Å²) in [4.78, 5) is 16.2. The Labute approximate surface area is 172 Å². The first-order valence-corrected chi connectivity index (χ1v) is 12.1. The van der Waals surface area contributed by atoms with Crippen LogP contribution in [-0.4, -0.2) is 21.3 Å². The predicted octanol–water partition coefficient (Wildman–Crippen LogP) is 7.46. The molecule has 0 aliphatic heterocycles. The van der Waals surface area contributed by atoms with Gasteiger partial charge in [0.25, 0.3) is 0 Å². The number of nitrogens with zero attached hydrogens (tertiary/aromatic N) is 1. The molecular weight excluding hydrogens is 374 g/mol. The lowest BCUT2D eigenvalue weighted by Gasteiger charge is -2.10. The Morgan fingerprint density at radius 3 is 2.33 bits per heavy atom. The molecule has 1 heterocycles. The highest BCUT2D eigenvalue weighted by molar-refractivity contribution is 8.02. The van der Waals surface area contributed by atoms with E-state index in [1.54, 1.807) is 11.3 Å². The van der Waals surface area contributed by atoms with Crippen molar-refractivity contribution in [1.82, 2.24) is 4.98 Å². The molecule has 0 spiro atoms. The minimum atomic E-state index is -0.716. The molecule has 1 unspecified atom stereocenters. The number of thioether (sulfide) groups is 1. The first kappa shape index (κ1) is 22.2. The second-order valence-electron chi connectivity index (χ2n) is 7.37. The summed E-state index contributed by atoms with van der Waals surface area (Å²) < 4.78 is 2.01. The zero-order valence-corrected chi connectivity index (χ0v) is 18.3. The third-order valence-electron chi connectivity index (χ3n) is 4.86. The maximum Gasteiger partial charge on any atom is 0.317 e. The van der Waals surface area contributed by atoms with Gasteiger partial charge in [-0.25, -0.2) is 4.98 Å². The summed E-state index contributed by atoms with van der Waals surface area (Å²) in [6.07, 6.45) is 13.5. The Bertz CT molecular complexity index is 699. The molecule has 1 atom stereocenters. The van der Waals surface area contributed by atoms with E-state index in [4.69, 9.17) is 0 Å². The molecule has 1 N–H and O–H groups in total. The highest BCUT2D eigenvalue weighted by Gasteiger charge is 2.20. The lowest BCUT2D eigenvalue weighted by molar-refractivity contribution is -0.136. The van der Waals surface area contributed by atoms with Crippen LogP contribution in [0.25, 0.3) is 10.2 Å². The Kier molecular flexibility index (Phi) is 10.2. The van der Waals surface area contributed by atoms with Crippen LogP contribution in [-0.2, 0) is 4.79 Å². The summed E-state index contributed by atoms with van der Waals surface area (Å²) in [5.41, 5.74) is 2.18. The number of rotatable bonds is 14. The molecule has 27 heavy (non-hydrogen) atoms. The molecule has 2 rings (SSSR count). The minimum Gasteiger partial charge on any atom is -0.480 e. The van der Waals surface area contributed by atoms with Gasteiger partial charge in [0.15, 0.2) is 4.34 Å². The molecule has 2 aromatic rings. The van der Waals surface area contributed by atoms with Gasteiger partial charge in [-0.1, -0.05) is 89.0 Å². The summed E-state index contributed by atoms with van der Waals surface area (Å²) in [5, 5.41) is 9.16. The number of fused-ring (bicyclic) bond motifs is 1. The fourth-order valence-electron chi connectivity index (χ4n) is 3.23. The molecule has 0 aliphatic carbocycles. The number of thiazole rings is 1. The summed E-state index contributed by atoms with van der Waals surface area (Å²) in [6, 6.07) is 6.19. The monoisotopic (exact) mass is 407 g/mol. The number of aromatic nitrogens is 1. The third kappa shape index (κ3) is 8.22. The van der Waals surface area contributed by atoms with Crippen molar-refractivity contribution in [1.29, 1.82) is 0 Å². The van der Waals surface area contributed by atoms with E-state index in [-0.39, 0.29) is 5.25 Å². The van der Waals surface area contributed by atoms with Gasteiger partial charge >= 0.3 is 5.97 Å². The topological polar surface area (TPSA) is 50.2 Å². The largest absolute Gasteiger partial charge is 0.480 e. The van der Waals surface area contributed by atoms with Gasteiger partial charge in [-0.15, -0.1) is 11.3 Å². The van der Waals surface area contributed by atoms with Crippen molar-refractivity contribution >= 4 is 39.3 Å². The Morgan fingerprint density at radius 1 is 1.07 bits per heavy atom. The van der Waals surface area contributed by atoms with Gasteiger partial charge in [0.1, 0.15) is 5.25 Å². The Balaban J connectivity index is 1.67. The van der Waals surface area contributed by atoms with Crippen LogP contribution < -0.4 is 0 Å². The highest BCUT2D eigenvalue weighted by atomic mass is 32.2. The number of unbranched alkanes of at least 4 members (excludes halogenated alkanes) is 9. The lowest BCUT2D eigenvalue weighted by atomic mass is 10.1. The third-order valence-corrected chi connectivity index (χ3v) is 7.23. The van der Waals surface area contributed by atoms with Crippen molar-refractivity contribution in [2.45, 2.75) is 94.1 Å². The predicted molar refractivity (Wildman–Crippen MR) is 118 cm³/mol. The second kappa shape index (κ2) is 12.4. The molecule has 1 aromatic heterocycles. The molecule has 0 saturated carbocycles. The van der Waals surface area contributed by atoms with Crippen molar-refractivity contribution in [2.24, 2.45) is 0 Å². The molecule has 0 amide bonds. The Hall–Kier alpha value is -1.07. The standard InChI is InChI=1S/C22H33NO2S2/c1-3-4-5-6-7-8-9-10-11-12-13-19(21(24)25)26-22-23-18-15-14-17(2)16-20(18)27-22/h14-16,19H,3-13H2,1-2H3,(H,24,25). The maximum absolute atomic E-state index is 11.6. The van der Waals surface area contributed by atoms with Gasteiger partial charge in [-0.2, -0.15) is 0 Å². The average Bonchev–Trinajstić information content (AvgIpc) is 3.03. The summed E-state index contributed by atoms with van der Waals surface area (Å²) in [5.74, 6) is -0.716. The fourth-order valence-corrected chi connectivity index (χ4v) is 5.62. The summed E-state index contributed by atoms with van der Waals surface area (Å²) >= 11 is 3.02. The number of aryl methyl sites for hydroxylation is 1. The highest BCUT2D eigenvalue weighted by Crippen LogP contribution is 2.34. The van der Waals surface area contributed by atoms with E-state index < -0.39 is 5.97 Å². The van der Waals surface area contributed by atoms with E-state index in [0.717, 1.165) is 33.8 Å². The van der Waals surface area contributed by atoms with E-state index in [9.17, 15) is 9.90 Å². The van der Waals surface area contributed by atoms with Crippen LogP contribution in [0.15, 0.2) is 22.5 Å². The number of carbonyl (C=O) groups is 1. The van der Waals surface area contributed by atoms with E-state index in [1.807, 2.05) is 6.07 Å². The van der Waals surface area contributed by atoms with Crippen molar-refractivity contribution in [2.75, 3.05) is 0 Å². The van der Waals surface area contributed by atoms with E-state index in [2.05, 4.69) is 31.0 Å². The normalized spacial score (nSPS) is 12.5. The van der Waals surface area contributed by atoms with Gasteiger partial charge in [0, 0.05) is 0 Å². The molecule has 3 nitrogen and oxygen atoms in total.